The Morgan fingerprint density at radius 3 is 2.81 bits per heavy atom. The predicted octanol–water partition coefficient (Wildman–Crippen LogP) is 4.24. The van der Waals surface area contributed by atoms with Crippen molar-refractivity contribution in [2.45, 2.75) is 17.9 Å². The van der Waals surface area contributed by atoms with Crippen LogP contribution in [0.1, 0.15) is 11.1 Å². The molecule has 0 amide bonds. The Morgan fingerprint density at radius 2 is 2.00 bits per heavy atom. The van der Waals surface area contributed by atoms with Crippen LogP contribution >= 0.6 is 15.9 Å². The molecule has 0 spiro atoms. The summed E-state index contributed by atoms with van der Waals surface area (Å²) in [7, 11) is 0. The van der Waals surface area contributed by atoms with Crippen LogP contribution in [-0.4, -0.2) is 12.7 Å². The van der Waals surface area contributed by atoms with Gasteiger partial charge in [0.1, 0.15) is 35.8 Å². The fourth-order valence-corrected chi connectivity index (χ4v) is 2.68. The van der Waals surface area contributed by atoms with Crippen LogP contribution in [0.15, 0.2) is 36.4 Å². The number of fused-ring (bicyclic) bond motifs is 1. The minimum absolute atomic E-state index is 0.183. The normalized spacial score (nSPS) is 16.4. The summed E-state index contributed by atoms with van der Waals surface area (Å²) in [5.74, 6) is 0.547. The van der Waals surface area contributed by atoms with Crippen molar-refractivity contribution in [3.05, 3.63) is 59.2 Å². The van der Waals surface area contributed by atoms with Gasteiger partial charge >= 0.3 is 0 Å². The highest BCUT2D eigenvalue weighted by Crippen LogP contribution is 2.29. The molecule has 1 aliphatic rings. The molecule has 0 bridgehead atoms. The first-order chi connectivity index (χ1) is 10.1. The van der Waals surface area contributed by atoms with E-state index >= 15 is 0 Å². The van der Waals surface area contributed by atoms with Crippen LogP contribution in [0.5, 0.6) is 11.5 Å². The quantitative estimate of drug-likeness (QED) is 0.764. The Bertz CT molecular complexity index is 661. The molecule has 1 atom stereocenters. The molecule has 0 radical (unpaired) electrons. The molecule has 2 aromatic rings. The molecular formula is C16H13BrF2O2. The summed E-state index contributed by atoms with van der Waals surface area (Å²) in [5, 5.41) is 0.561. The zero-order chi connectivity index (χ0) is 14.8. The van der Waals surface area contributed by atoms with Gasteiger partial charge in [0, 0.05) is 23.4 Å². The van der Waals surface area contributed by atoms with E-state index in [1.54, 1.807) is 12.1 Å². The van der Waals surface area contributed by atoms with Crippen LogP contribution in [0.3, 0.4) is 0 Å². The molecule has 1 heterocycles. The highest BCUT2D eigenvalue weighted by atomic mass is 79.9. The zero-order valence-electron chi connectivity index (χ0n) is 11.1. The number of alkyl halides is 1. The van der Waals surface area contributed by atoms with E-state index < -0.39 is 0 Å². The van der Waals surface area contributed by atoms with Gasteiger partial charge in [0.15, 0.2) is 0 Å². The lowest BCUT2D eigenvalue weighted by atomic mass is 10.1. The Morgan fingerprint density at radius 1 is 1.14 bits per heavy atom. The fraction of sp³-hybridized carbons (Fsp3) is 0.250. The van der Waals surface area contributed by atoms with Gasteiger partial charge in [-0.2, -0.15) is 0 Å². The zero-order valence-corrected chi connectivity index (χ0v) is 12.7. The third kappa shape index (κ3) is 3.35. The summed E-state index contributed by atoms with van der Waals surface area (Å²) in [6.45, 7) is 0.293. The second-order valence-electron chi connectivity index (χ2n) is 4.94. The number of ether oxygens (including phenoxy) is 2. The third-order valence-corrected chi connectivity index (χ3v) is 3.93. The van der Waals surface area contributed by atoms with Crippen molar-refractivity contribution in [3.63, 3.8) is 0 Å². The van der Waals surface area contributed by atoms with Crippen molar-refractivity contribution in [3.8, 4) is 11.5 Å². The van der Waals surface area contributed by atoms with Gasteiger partial charge in [-0.05, 0) is 35.9 Å². The summed E-state index contributed by atoms with van der Waals surface area (Å²) in [4.78, 5) is 0. The van der Waals surface area contributed by atoms with Crippen LogP contribution in [0.2, 0.25) is 0 Å². The monoisotopic (exact) mass is 354 g/mol. The van der Waals surface area contributed by atoms with Gasteiger partial charge in [-0.1, -0.05) is 15.9 Å². The molecule has 0 saturated carbocycles. The summed E-state index contributed by atoms with van der Waals surface area (Å²) >= 11 is 3.29. The molecule has 0 N–H and O–H groups in total. The fourth-order valence-electron chi connectivity index (χ4n) is 2.35. The van der Waals surface area contributed by atoms with Gasteiger partial charge in [0.2, 0.25) is 0 Å². The van der Waals surface area contributed by atoms with E-state index in [0.717, 1.165) is 11.1 Å². The lowest BCUT2D eigenvalue weighted by Crippen LogP contribution is -2.22. The van der Waals surface area contributed by atoms with Gasteiger partial charge in [0.05, 0.1) is 0 Å². The molecule has 110 valence electrons. The minimum atomic E-state index is -0.334. The largest absolute Gasteiger partial charge is 0.490 e. The smallest absolute Gasteiger partial charge is 0.137 e. The van der Waals surface area contributed by atoms with Gasteiger partial charge in [-0.15, -0.1) is 0 Å². The molecule has 0 aromatic heterocycles. The van der Waals surface area contributed by atoms with Crippen LogP contribution in [0.4, 0.5) is 8.78 Å². The summed E-state index contributed by atoms with van der Waals surface area (Å²) in [5.41, 5.74) is 1.65. The molecule has 3 rings (SSSR count). The maximum absolute atomic E-state index is 13.4. The lowest BCUT2D eigenvalue weighted by Gasteiger charge is -2.13. The number of hydrogen-bond acceptors (Lipinski definition) is 2. The lowest BCUT2D eigenvalue weighted by molar-refractivity contribution is 0.148. The maximum Gasteiger partial charge on any atom is 0.137 e. The predicted molar refractivity (Wildman–Crippen MR) is 79.0 cm³/mol. The van der Waals surface area contributed by atoms with Crippen molar-refractivity contribution < 1.29 is 18.3 Å². The van der Waals surface area contributed by atoms with E-state index in [1.165, 1.54) is 24.3 Å². The topological polar surface area (TPSA) is 18.5 Å². The molecule has 1 unspecified atom stereocenters. The minimum Gasteiger partial charge on any atom is -0.490 e. The van der Waals surface area contributed by atoms with E-state index in [4.69, 9.17) is 9.47 Å². The van der Waals surface area contributed by atoms with Crippen molar-refractivity contribution in [1.29, 1.82) is 0 Å². The molecule has 0 saturated heterocycles. The molecule has 5 heteroatoms. The second-order valence-corrected chi connectivity index (χ2v) is 5.50. The molecule has 0 aliphatic carbocycles. The molecular weight excluding hydrogens is 342 g/mol. The molecule has 1 aliphatic heterocycles. The van der Waals surface area contributed by atoms with Crippen LogP contribution in [0, 0.1) is 11.6 Å². The van der Waals surface area contributed by atoms with Crippen LogP contribution < -0.4 is 9.47 Å². The van der Waals surface area contributed by atoms with Gasteiger partial charge < -0.3 is 9.47 Å². The number of hydrogen-bond donors (Lipinski definition) is 0. The average molecular weight is 355 g/mol. The second kappa shape index (κ2) is 6.02. The first-order valence-corrected chi connectivity index (χ1v) is 7.69. The first-order valence-electron chi connectivity index (χ1n) is 6.57. The molecule has 2 aromatic carbocycles. The Hall–Kier alpha value is -1.62. The van der Waals surface area contributed by atoms with E-state index in [0.29, 0.717) is 29.9 Å². The van der Waals surface area contributed by atoms with Gasteiger partial charge in [0.25, 0.3) is 0 Å². The van der Waals surface area contributed by atoms with Crippen molar-refractivity contribution >= 4 is 15.9 Å². The molecule has 0 fully saturated rings. The van der Waals surface area contributed by atoms with Gasteiger partial charge in [-0.25, -0.2) is 8.78 Å². The van der Waals surface area contributed by atoms with Gasteiger partial charge in [-0.3, -0.25) is 0 Å². The van der Waals surface area contributed by atoms with E-state index in [1.807, 2.05) is 0 Å². The number of benzene rings is 2. The van der Waals surface area contributed by atoms with E-state index in [-0.39, 0.29) is 17.7 Å². The van der Waals surface area contributed by atoms with E-state index in [9.17, 15) is 8.78 Å². The molecule has 2 nitrogen and oxygen atoms in total. The van der Waals surface area contributed by atoms with E-state index in [2.05, 4.69) is 15.9 Å². The Balaban J connectivity index is 1.63. The Kier molecular flexibility index (Phi) is 4.10. The summed E-state index contributed by atoms with van der Waals surface area (Å²) in [6, 6.07) is 9.03. The number of rotatable bonds is 4. The first kappa shape index (κ1) is 14.3. The summed E-state index contributed by atoms with van der Waals surface area (Å²) < 4.78 is 37.8. The number of halogens is 3. The third-order valence-electron chi connectivity index (χ3n) is 3.29. The average Bonchev–Trinajstić information content (AvgIpc) is 2.86. The molecule has 21 heavy (non-hydrogen) atoms. The SMILES string of the molecule is Fc1cc(CBr)cc(OCC2Cc3cc(F)ccc3O2)c1. The Labute approximate surface area is 129 Å². The van der Waals surface area contributed by atoms with Crippen LogP contribution in [-0.2, 0) is 11.8 Å². The highest BCUT2D eigenvalue weighted by Gasteiger charge is 2.23. The van der Waals surface area contributed by atoms with Crippen molar-refractivity contribution in [2.75, 3.05) is 6.61 Å². The summed E-state index contributed by atoms with van der Waals surface area (Å²) in [6.07, 6.45) is 0.408. The maximum atomic E-state index is 13.4. The van der Waals surface area contributed by atoms with Crippen molar-refractivity contribution in [1.82, 2.24) is 0 Å². The van der Waals surface area contributed by atoms with Crippen LogP contribution in [0.25, 0.3) is 0 Å². The standard InChI is InChI=1S/C16H13BrF2O2/c17-8-10-3-13(19)7-14(4-10)20-9-15-6-11-5-12(18)1-2-16(11)21-15/h1-5,7,15H,6,8-9H2. The highest BCUT2D eigenvalue weighted by molar-refractivity contribution is 9.08. The van der Waals surface area contributed by atoms with Crippen molar-refractivity contribution in [2.24, 2.45) is 0 Å².